The van der Waals surface area contributed by atoms with Crippen LogP contribution in [0, 0.1) is 0 Å². The van der Waals surface area contributed by atoms with Crippen molar-refractivity contribution in [2.45, 2.75) is 6.42 Å². The average Bonchev–Trinajstić information content (AvgIpc) is 1.87. The normalized spacial score (nSPS) is 9.09. The Labute approximate surface area is 72.1 Å². The van der Waals surface area contributed by atoms with E-state index in [-0.39, 0.29) is 6.61 Å². The summed E-state index contributed by atoms with van der Waals surface area (Å²) in [6.07, 6.45) is -0.604. The maximum atomic E-state index is 10.5. The number of hydrogen-bond donors (Lipinski definition) is 1. The Morgan fingerprint density at radius 3 is 2.27 bits per heavy atom. The molecule has 0 aliphatic heterocycles. The van der Waals surface area contributed by atoms with Crippen LogP contribution in [0.2, 0.25) is 0 Å². The van der Waals surface area contributed by atoms with Gasteiger partial charge < -0.3 is 0 Å². The van der Waals surface area contributed by atoms with E-state index in [1.165, 1.54) is 0 Å². The molecule has 0 saturated heterocycles. The summed E-state index contributed by atoms with van der Waals surface area (Å²) < 4.78 is 4.33. The number of carboxylic acids is 1. The van der Waals surface area contributed by atoms with Gasteiger partial charge in [0.15, 0.2) is 0 Å². The zero-order valence-electron chi connectivity index (χ0n) is 5.44. The van der Waals surface area contributed by atoms with Crippen LogP contribution in [-0.4, -0.2) is 29.2 Å². The summed E-state index contributed by atoms with van der Waals surface area (Å²) in [6, 6.07) is 0. The van der Waals surface area contributed by atoms with Crippen LogP contribution < -0.4 is 0 Å². The summed E-state index contributed by atoms with van der Waals surface area (Å²) in [7, 11) is 0. The van der Waals surface area contributed by atoms with Crippen molar-refractivity contribution < 1.29 is 40.9 Å². The first-order valence-corrected chi connectivity index (χ1v) is 3.19. The summed E-state index contributed by atoms with van der Waals surface area (Å²) in [4.78, 5) is 30.8. The van der Waals surface area contributed by atoms with E-state index in [1.807, 2.05) is 0 Å². The molecular weight excluding hydrogens is 191 g/mol. The predicted octanol–water partition coefficient (Wildman–Crippen LogP) is -0.922. The monoisotopic (exact) mass is 196 g/mol. The molecule has 0 aromatic heterocycles. The Hall–Kier alpha value is -0.646. The number of hydrogen-bond acceptors (Lipinski definition) is 4. The van der Waals surface area contributed by atoms with E-state index in [9.17, 15) is 14.4 Å². The molecule has 1 N–H and O–H groups in total. The zero-order chi connectivity index (χ0) is 8.85. The third-order valence-corrected chi connectivity index (χ3v) is 1.02. The number of aliphatic carboxylic acids is 1. The molecule has 0 unspecified atom stereocenters. The second-order valence-electron chi connectivity index (χ2n) is 1.72. The van der Waals surface area contributed by atoms with E-state index in [0.29, 0.717) is 0 Å². The molecular formula is C5H5O5V. The van der Waals surface area contributed by atoms with Gasteiger partial charge in [0.05, 0.1) is 0 Å². The van der Waals surface area contributed by atoms with Gasteiger partial charge in [0.2, 0.25) is 0 Å². The molecule has 0 aromatic carbocycles. The van der Waals surface area contributed by atoms with Crippen LogP contribution in [0.4, 0.5) is 0 Å². The van der Waals surface area contributed by atoms with Crippen LogP contribution in [0.1, 0.15) is 6.42 Å². The van der Waals surface area contributed by atoms with Crippen LogP contribution in [-0.2, 0) is 35.8 Å². The molecule has 0 spiro atoms. The molecule has 0 atom stereocenters. The quantitative estimate of drug-likeness (QED) is 0.454. The van der Waals surface area contributed by atoms with Gasteiger partial charge in [-0.15, -0.1) is 0 Å². The molecule has 0 saturated carbocycles. The number of ketones is 2. The number of Topliss-reactive ketones (excluding diaryl/α,β-unsaturated/α-hetero) is 2. The molecule has 0 fully saturated rings. The molecule has 0 aromatic rings. The molecule has 6 heteroatoms. The Morgan fingerprint density at radius 1 is 1.36 bits per heavy atom. The van der Waals surface area contributed by atoms with Crippen LogP contribution in [0.15, 0.2) is 0 Å². The summed E-state index contributed by atoms with van der Waals surface area (Å²) in [6.45, 7) is -0.251. The van der Waals surface area contributed by atoms with Crippen molar-refractivity contribution in [3.63, 3.8) is 0 Å². The second kappa shape index (κ2) is 5.06. The Balaban J connectivity index is 3.76. The maximum absolute atomic E-state index is 10.5. The Bertz CT molecular complexity index is 187. The van der Waals surface area contributed by atoms with E-state index in [2.05, 4.69) is 3.66 Å². The SMILES string of the molecule is O=C(C[O][V])CC(=O)C(=O)O. The fourth-order valence-electron chi connectivity index (χ4n) is 0.378. The van der Waals surface area contributed by atoms with Gasteiger partial charge >= 0.3 is 71.5 Å². The van der Waals surface area contributed by atoms with E-state index in [4.69, 9.17) is 5.11 Å². The third-order valence-electron chi connectivity index (χ3n) is 0.822. The molecule has 0 aliphatic rings. The van der Waals surface area contributed by atoms with Gasteiger partial charge in [-0.05, 0) is 0 Å². The van der Waals surface area contributed by atoms with Crippen molar-refractivity contribution in [1.82, 2.24) is 0 Å². The first-order valence-electron chi connectivity index (χ1n) is 2.62. The Morgan fingerprint density at radius 2 is 1.91 bits per heavy atom. The van der Waals surface area contributed by atoms with E-state index in [0.717, 1.165) is 0 Å². The molecule has 0 bridgehead atoms. The number of carboxylic acid groups (broad SMARTS) is 1. The first kappa shape index (κ1) is 10.4. The molecule has 5 nitrogen and oxygen atoms in total. The van der Waals surface area contributed by atoms with Crippen LogP contribution in [0.5, 0.6) is 0 Å². The van der Waals surface area contributed by atoms with Crippen molar-refractivity contribution in [2.75, 3.05) is 6.61 Å². The van der Waals surface area contributed by atoms with E-state index >= 15 is 0 Å². The van der Waals surface area contributed by atoms with Gasteiger partial charge in [-0.1, -0.05) is 0 Å². The van der Waals surface area contributed by atoms with Crippen molar-refractivity contribution >= 4 is 17.5 Å². The predicted molar refractivity (Wildman–Crippen MR) is 28.2 cm³/mol. The fourth-order valence-corrected chi connectivity index (χ4v) is 0.603. The standard InChI is InChI=1S/C5H5O5.V/c6-2-3(7)1-4(8)5(9)10;/h1-2H2,(H,9,10);/q-1;+1. The van der Waals surface area contributed by atoms with Gasteiger partial charge in [0.25, 0.3) is 0 Å². The number of carbonyl (C=O) groups is 3. The molecule has 0 heterocycles. The number of carbonyl (C=O) groups excluding carboxylic acids is 2. The minimum absolute atomic E-state index is 0.251. The van der Waals surface area contributed by atoms with Gasteiger partial charge in [0, 0.05) is 0 Å². The summed E-state index contributed by atoms with van der Waals surface area (Å²) >= 11 is 1.70. The summed E-state index contributed by atoms with van der Waals surface area (Å²) in [5, 5.41) is 8.05. The van der Waals surface area contributed by atoms with Crippen molar-refractivity contribution in [3.8, 4) is 0 Å². The first-order chi connectivity index (χ1) is 5.07. The fraction of sp³-hybridized carbons (Fsp3) is 0.400. The van der Waals surface area contributed by atoms with Gasteiger partial charge in [-0.25, -0.2) is 0 Å². The Kier molecular flexibility index (Phi) is 4.77. The minimum atomic E-state index is -1.59. The average molecular weight is 196 g/mol. The van der Waals surface area contributed by atoms with Crippen molar-refractivity contribution in [1.29, 1.82) is 0 Å². The van der Waals surface area contributed by atoms with Crippen LogP contribution >= 0.6 is 0 Å². The van der Waals surface area contributed by atoms with Gasteiger partial charge in [-0.2, -0.15) is 0 Å². The molecule has 0 radical (unpaired) electrons. The molecule has 60 valence electrons. The van der Waals surface area contributed by atoms with Crippen molar-refractivity contribution in [2.24, 2.45) is 0 Å². The molecule has 0 amide bonds. The van der Waals surface area contributed by atoms with Gasteiger partial charge in [-0.3, -0.25) is 0 Å². The van der Waals surface area contributed by atoms with Crippen LogP contribution in [0.3, 0.4) is 0 Å². The van der Waals surface area contributed by atoms with Crippen molar-refractivity contribution in [3.05, 3.63) is 0 Å². The van der Waals surface area contributed by atoms with Gasteiger partial charge in [0.1, 0.15) is 0 Å². The van der Waals surface area contributed by atoms with Crippen LogP contribution in [0.25, 0.3) is 0 Å². The molecule has 11 heavy (non-hydrogen) atoms. The summed E-state index contributed by atoms with van der Waals surface area (Å²) in [5.74, 6) is -3.25. The molecule has 0 rings (SSSR count). The zero-order valence-corrected chi connectivity index (χ0v) is 6.84. The van der Waals surface area contributed by atoms with E-state index < -0.39 is 24.0 Å². The topological polar surface area (TPSA) is 80.7 Å². The molecule has 0 aliphatic carbocycles. The number of rotatable bonds is 5. The van der Waals surface area contributed by atoms with E-state index in [1.54, 1.807) is 17.8 Å². The summed E-state index contributed by atoms with van der Waals surface area (Å²) in [5.41, 5.74) is 0. The second-order valence-corrected chi connectivity index (χ2v) is 2.12. The third kappa shape index (κ3) is 4.72.